The minimum Gasteiger partial charge on any atom is -0.495 e. The van der Waals surface area contributed by atoms with Crippen LogP contribution in [0.4, 0.5) is 16.2 Å². The Hall–Kier alpha value is -3.66. The maximum absolute atomic E-state index is 12.8. The number of ether oxygens (including phenoxy) is 2. The number of H-pyrrole nitrogens is 1. The van der Waals surface area contributed by atoms with Crippen molar-refractivity contribution in [1.29, 1.82) is 0 Å². The Balaban J connectivity index is 1.76. The van der Waals surface area contributed by atoms with E-state index in [4.69, 9.17) is 21.7 Å². The van der Waals surface area contributed by atoms with Gasteiger partial charge in [-0.1, -0.05) is 29.8 Å². The molecule has 0 aliphatic heterocycles. The van der Waals surface area contributed by atoms with Crippen molar-refractivity contribution in [2.75, 3.05) is 17.7 Å². The predicted octanol–water partition coefficient (Wildman–Crippen LogP) is 4.91. The number of amides is 2. The summed E-state index contributed by atoms with van der Waals surface area (Å²) in [5, 5.41) is 12.5. The molecule has 2 aromatic carbocycles. The molecule has 0 saturated heterocycles. The minimum absolute atomic E-state index is 0.0423. The normalized spacial score (nSPS) is 11.1. The van der Waals surface area contributed by atoms with Gasteiger partial charge in [0.05, 0.1) is 12.8 Å². The number of aromatic amines is 1. The molecule has 174 valence electrons. The van der Waals surface area contributed by atoms with Crippen LogP contribution >= 0.6 is 12.2 Å². The monoisotopic (exact) mass is 469 g/mol. The number of nitrogens with one attached hydrogen (secondary N) is 3. The van der Waals surface area contributed by atoms with Crippen molar-refractivity contribution in [3.63, 3.8) is 0 Å². The predicted molar refractivity (Wildman–Crippen MR) is 129 cm³/mol. The zero-order chi connectivity index (χ0) is 24.2. The summed E-state index contributed by atoms with van der Waals surface area (Å²) in [6.07, 6.45) is -0.628. The zero-order valence-electron chi connectivity index (χ0n) is 19.2. The molecule has 33 heavy (non-hydrogen) atoms. The van der Waals surface area contributed by atoms with Crippen LogP contribution < -0.4 is 15.4 Å². The van der Waals surface area contributed by atoms with E-state index in [0.717, 1.165) is 11.1 Å². The van der Waals surface area contributed by atoms with E-state index in [9.17, 15) is 9.59 Å². The molecule has 0 saturated carbocycles. The molecule has 3 rings (SSSR count). The van der Waals surface area contributed by atoms with E-state index in [2.05, 4.69) is 20.8 Å². The van der Waals surface area contributed by atoms with Gasteiger partial charge in [0.2, 0.25) is 5.91 Å². The van der Waals surface area contributed by atoms with Crippen LogP contribution in [-0.4, -0.2) is 39.5 Å². The van der Waals surface area contributed by atoms with Gasteiger partial charge in [-0.05, 0) is 58.1 Å². The molecule has 3 aromatic rings. The molecule has 3 N–H and O–H groups in total. The van der Waals surface area contributed by atoms with E-state index < -0.39 is 11.7 Å². The van der Waals surface area contributed by atoms with Gasteiger partial charge in [-0.15, -0.1) is 0 Å². The van der Waals surface area contributed by atoms with Gasteiger partial charge in [0.15, 0.2) is 10.6 Å². The minimum atomic E-state index is -0.651. The largest absolute Gasteiger partial charge is 0.495 e. The lowest BCUT2D eigenvalue weighted by Crippen LogP contribution is -2.27. The number of carbonyl (C=O) groups excluding carboxylic acids is 2. The number of hydrogen-bond acceptors (Lipinski definition) is 6. The summed E-state index contributed by atoms with van der Waals surface area (Å²) < 4.78 is 12.5. The maximum Gasteiger partial charge on any atom is 0.412 e. The van der Waals surface area contributed by atoms with Gasteiger partial charge >= 0.3 is 6.09 Å². The molecule has 0 bridgehead atoms. The highest BCUT2D eigenvalue weighted by molar-refractivity contribution is 7.71. The highest BCUT2D eigenvalue weighted by Crippen LogP contribution is 2.28. The quantitative estimate of drug-likeness (QED) is 0.443. The summed E-state index contributed by atoms with van der Waals surface area (Å²) in [4.78, 5) is 25.0. The summed E-state index contributed by atoms with van der Waals surface area (Å²) in [6, 6.07) is 12.7. The molecule has 0 aliphatic rings. The number of aromatic nitrogens is 3. The zero-order valence-corrected chi connectivity index (χ0v) is 20.0. The SMILES string of the molecule is COc1ccc(NC(=O)Cn2c(-c3ccc(C)cc3)n[nH]c2=S)cc1NC(=O)OC(C)(C)C. The molecule has 0 fully saturated rings. The van der Waals surface area contributed by atoms with Crippen LogP contribution in [0.2, 0.25) is 0 Å². The Morgan fingerprint density at radius 2 is 1.82 bits per heavy atom. The number of benzene rings is 2. The highest BCUT2D eigenvalue weighted by Gasteiger charge is 2.18. The van der Waals surface area contributed by atoms with Crippen LogP contribution in [0.5, 0.6) is 5.75 Å². The Morgan fingerprint density at radius 3 is 2.45 bits per heavy atom. The standard InChI is InChI=1S/C23H27N5O4S/c1-14-6-8-15(9-7-14)20-26-27-21(33)28(20)13-19(29)24-16-10-11-18(31-5)17(12-16)25-22(30)32-23(2,3)4/h6-12H,13H2,1-5H3,(H,24,29)(H,25,30)(H,27,33). The molecular formula is C23H27N5O4S. The molecule has 10 heteroatoms. The van der Waals surface area contributed by atoms with Crippen LogP contribution in [-0.2, 0) is 16.1 Å². The Labute approximate surface area is 197 Å². The maximum atomic E-state index is 12.8. The second-order valence-electron chi connectivity index (χ2n) is 8.39. The van der Waals surface area contributed by atoms with Crippen LogP contribution in [0.3, 0.4) is 0 Å². The fourth-order valence-corrected chi connectivity index (χ4v) is 3.23. The van der Waals surface area contributed by atoms with Crippen molar-refractivity contribution in [3.8, 4) is 17.1 Å². The van der Waals surface area contributed by atoms with Gasteiger partial charge in [-0.3, -0.25) is 19.8 Å². The van der Waals surface area contributed by atoms with Gasteiger partial charge in [-0.25, -0.2) is 4.79 Å². The number of methoxy groups -OCH3 is 1. The molecule has 9 nitrogen and oxygen atoms in total. The fourth-order valence-electron chi connectivity index (χ4n) is 3.03. The molecule has 0 spiro atoms. The number of hydrogen-bond donors (Lipinski definition) is 3. The molecule has 0 radical (unpaired) electrons. The number of nitrogens with zero attached hydrogens (tertiary/aromatic N) is 2. The topological polar surface area (TPSA) is 110 Å². The van der Waals surface area contributed by atoms with Crippen molar-refractivity contribution in [2.24, 2.45) is 0 Å². The third-order valence-corrected chi connectivity index (χ3v) is 4.80. The summed E-state index contributed by atoms with van der Waals surface area (Å²) in [7, 11) is 1.49. The van der Waals surface area contributed by atoms with Crippen LogP contribution in [0, 0.1) is 11.7 Å². The van der Waals surface area contributed by atoms with E-state index >= 15 is 0 Å². The fraction of sp³-hybridized carbons (Fsp3) is 0.304. The van der Waals surface area contributed by atoms with Gasteiger partial charge in [0, 0.05) is 11.3 Å². The second-order valence-corrected chi connectivity index (χ2v) is 8.78. The lowest BCUT2D eigenvalue weighted by Gasteiger charge is -2.20. The number of anilines is 2. The van der Waals surface area contributed by atoms with Gasteiger partial charge < -0.3 is 14.8 Å². The van der Waals surface area contributed by atoms with Gasteiger partial charge in [0.1, 0.15) is 17.9 Å². The van der Waals surface area contributed by atoms with Crippen molar-refractivity contribution in [3.05, 3.63) is 52.8 Å². The summed E-state index contributed by atoms with van der Waals surface area (Å²) in [6.45, 7) is 7.26. The molecule has 0 aliphatic carbocycles. The van der Waals surface area contributed by atoms with E-state index in [1.165, 1.54) is 7.11 Å². The van der Waals surface area contributed by atoms with Gasteiger partial charge in [-0.2, -0.15) is 5.10 Å². The van der Waals surface area contributed by atoms with Crippen molar-refractivity contribution in [1.82, 2.24) is 14.8 Å². The molecule has 0 atom stereocenters. The first-order valence-electron chi connectivity index (χ1n) is 10.3. The lowest BCUT2D eigenvalue weighted by atomic mass is 10.1. The first-order valence-corrected chi connectivity index (χ1v) is 10.7. The molecule has 1 aromatic heterocycles. The van der Waals surface area contributed by atoms with Crippen LogP contribution in [0.15, 0.2) is 42.5 Å². The Bertz CT molecular complexity index is 1210. The van der Waals surface area contributed by atoms with E-state index in [-0.39, 0.29) is 12.5 Å². The van der Waals surface area contributed by atoms with Crippen molar-refractivity contribution in [2.45, 2.75) is 39.8 Å². The molecule has 2 amide bonds. The lowest BCUT2D eigenvalue weighted by molar-refractivity contribution is -0.116. The Kier molecular flexibility index (Phi) is 7.17. The number of carbonyl (C=O) groups is 2. The summed E-state index contributed by atoms with van der Waals surface area (Å²) >= 11 is 5.31. The summed E-state index contributed by atoms with van der Waals surface area (Å²) in [5.41, 5.74) is 2.15. The summed E-state index contributed by atoms with van der Waals surface area (Å²) in [5.74, 6) is 0.684. The van der Waals surface area contributed by atoms with Gasteiger partial charge in [0.25, 0.3) is 0 Å². The number of aryl methyl sites for hydroxylation is 1. The molecule has 1 heterocycles. The third-order valence-electron chi connectivity index (χ3n) is 4.49. The van der Waals surface area contributed by atoms with Crippen molar-refractivity contribution < 1.29 is 19.1 Å². The molecule has 0 unspecified atom stereocenters. The Morgan fingerprint density at radius 1 is 1.12 bits per heavy atom. The highest BCUT2D eigenvalue weighted by atomic mass is 32.1. The average Bonchev–Trinajstić information content (AvgIpc) is 3.07. The smallest absolute Gasteiger partial charge is 0.412 e. The van der Waals surface area contributed by atoms with Crippen molar-refractivity contribution >= 4 is 35.6 Å². The van der Waals surface area contributed by atoms with E-state index in [0.29, 0.717) is 27.7 Å². The average molecular weight is 470 g/mol. The van der Waals surface area contributed by atoms with Crippen LogP contribution in [0.1, 0.15) is 26.3 Å². The van der Waals surface area contributed by atoms with E-state index in [1.807, 2.05) is 31.2 Å². The molecular weight excluding hydrogens is 442 g/mol. The first kappa shape index (κ1) is 24.0. The van der Waals surface area contributed by atoms with E-state index in [1.54, 1.807) is 43.5 Å². The first-order chi connectivity index (χ1) is 15.6. The van der Waals surface area contributed by atoms with Crippen LogP contribution in [0.25, 0.3) is 11.4 Å². The second kappa shape index (κ2) is 9.86. The number of rotatable bonds is 6. The third kappa shape index (κ3) is 6.42.